The minimum atomic E-state index is 0.895. The van der Waals surface area contributed by atoms with Crippen LogP contribution in [0.15, 0.2) is 0 Å². The van der Waals surface area contributed by atoms with Gasteiger partial charge in [0.05, 0.1) is 0 Å². The van der Waals surface area contributed by atoms with Crippen LogP contribution in [0.5, 0.6) is 0 Å². The van der Waals surface area contributed by atoms with Crippen LogP contribution in [0.4, 0.5) is 0 Å². The Kier molecular flexibility index (Phi) is 6.74. The van der Waals surface area contributed by atoms with Crippen LogP contribution in [-0.2, 0) is 0 Å². The Balaban J connectivity index is 2.39. The Morgan fingerprint density at radius 1 is 0.889 bits per heavy atom. The van der Waals surface area contributed by atoms with Crippen molar-refractivity contribution in [3.8, 4) is 0 Å². The Morgan fingerprint density at radius 2 is 1.56 bits per heavy atom. The second-order valence-corrected chi connectivity index (χ2v) is 7.28. The van der Waals surface area contributed by atoms with Crippen molar-refractivity contribution in [3.63, 3.8) is 0 Å². The molecule has 1 aliphatic rings. The van der Waals surface area contributed by atoms with E-state index >= 15 is 0 Å². The van der Waals surface area contributed by atoms with Gasteiger partial charge >= 0.3 is 0 Å². The van der Waals surface area contributed by atoms with Crippen LogP contribution < -0.4 is 0 Å². The van der Waals surface area contributed by atoms with Gasteiger partial charge in [0.25, 0.3) is 0 Å². The second kappa shape index (κ2) is 7.56. The van der Waals surface area contributed by atoms with E-state index in [9.17, 15) is 0 Å². The zero-order valence-corrected chi connectivity index (χ0v) is 13.7. The summed E-state index contributed by atoms with van der Waals surface area (Å²) < 4.78 is 0. The quantitative estimate of drug-likeness (QED) is 0.509. The molecule has 1 saturated carbocycles. The molecule has 0 spiro atoms. The average Bonchev–Trinajstić information content (AvgIpc) is 2.85. The van der Waals surface area contributed by atoms with Crippen molar-refractivity contribution in [2.24, 2.45) is 35.5 Å². The SMILES string of the molecule is CCC1CCC(C(C)C(C)CC(C)C(C)CC)C1. The van der Waals surface area contributed by atoms with Crippen molar-refractivity contribution in [2.75, 3.05) is 0 Å². The highest BCUT2D eigenvalue weighted by Gasteiger charge is 2.31. The summed E-state index contributed by atoms with van der Waals surface area (Å²) in [4.78, 5) is 0. The highest BCUT2D eigenvalue weighted by atomic mass is 14.4. The lowest BCUT2D eigenvalue weighted by molar-refractivity contribution is 0.202. The molecule has 0 N–H and O–H groups in total. The summed E-state index contributed by atoms with van der Waals surface area (Å²) in [5.41, 5.74) is 0. The van der Waals surface area contributed by atoms with E-state index in [0.717, 1.165) is 35.5 Å². The molecule has 18 heavy (non-hydrogen) atoms. The Labute approximate surface area is 116 Å². The summed E-state index contributed by atoms with van der Waals surface area (Å²) in [5, 5.41) is 0. The Morgan fingerprint density at radius 3 is 2.06 bits per heavy atom. The maximum absolute atomic E-state index is 2.52. The molecule has 0 aromatic heterocycles. The largest absolute Gasteiger partial charge is 0.0651 e. The van der Waals surface area contributed by atoms with Gasteiger partial charge in [-0.15, -0.1) is 0 Å². The van der Waals surface area contributed by atoms with Crippen LogP contribution in [0.2, 0.25) is 0 Å². The predicted octanol–water partition coefficient (Wildman–Crippen LogP) is 6.16. The van der Waals surface area contributed by atoms with Crippen LogP contribution in [0.3, 0.4) is 0 Å². The van der Waals surface area contributed by atoms with E-state index in [1.165, 1.54) is 38.5 Å². The lowest BCUT2D eigenvalue weighted by Gasteiger charge is -2.30. The second-order valence-electron chi connectivity index (χ2n) is 7.28. The number of hydrogen-bond donors (Lipinski definition) is 0. The van der Waals surface area contributed by atoms with E-state index in [1.807, 2.05) is 0 Å². The first-order valence-corrected chi connectivity index (χ1v) is 8.49. The van der Waals surface area contributed by atoms with Crippen molar-refractivity contribution in [1.29, 1.82) is 0 Å². The molecule has 6 unspecified atom stereocenters. The summed E-state index contributed by atoms with van der Waals surface area (Å²) in [7, 11) is 0. The van der Waals surface area contributed by atoms with Gasteiger partial charge < -0.3 is 0 Å². The van der Waals surface area contributed by atoms with Crippen LogP contribution in [0, 0.1) is 35.5 Å². The maximum Gasteiger partial charge on any atom is -0.0383 e. The topological polar surface area (TPSA) is 0 Å². The van der Waals surface area contributed by atoms with Crippen molar-refractivity contribution in [2.45, 2.75) is 80.1 Å². The van der Waals surface area contributed by atoms with Gasteiger partial charge in [0.15, 0.2) is 0 Å². The molecule has 1 aliphatic carbocycles. The summed E-state index contributed by atoms with van der Waals surface area (Å²) >= 11 is 0. The van der Waals surface area contributed by atoms with Gasteiger partial charge in [-0.2, -0.15) is 0 Å². The third kappa shape index (κ3) is 4.28. The summed E-state index contributed by atoms with van der Waals surface area (Å²) in [6, 6.07) is 0. The minimum Gasteiger partial charge on any atom is -0.0651 e. The first-order chi connectivity index (χ1) is 8.49. The molecule has 0 nitrogen and oxygen atoms in total. The van der Waals surface area contributed by atoms with E-state index in [0.29, 0.717) is 0 Å². The van der Waals surface area contributed by atoms with Gasteiger partial charge in [0.1, 0.15) is 0 Å². The lowest BCUT2D eigenvalue weighted by Crippen LogP contribution is -2.21. The molecule has 0 heterocycles. The molecule has 6 atom stereocenters. The molecular weight excluding hydrogens is 216 g/mol. The predicted molar refractivity (Wildman–Crippen MR) is 82.7 cm³/mol. The molecular formula is C18H36. The first-order valence-electron chi connectivity index (χ1n) is 8.49. The molecule has 1 fully saturated rings. The van der Waals surface area contributed by atoms with Gasteiger partial charge in [-0.1, -0.05) is 60.8 Å². The zero-order chi connectivity index (χ0) is 13.7. The van der Waals surface area contributed by atoms with Gasteiger partial charge in [-0.25, -0.2) is 0 Å². The fourth-order valence-electron chi connectivity index (χ4n) is 3.86. The van der Waals surface area contributed by atoms with Crippen molar-refractivity contribution >= 4 is 0 Å². The third-order valence-electron chi connectivity index (χ3n) is 6.16. The van der Waals surface area contributed by atoms with Crippen LogP contribution in [-0.4, -0.2) is 0 Å². The van der Waals surface area contributed by atoms with Crippen LogP contribution in [0.1, 0.15) is 80.1 Å². The van der Waals surface area contributed by atoms with Crippen molar-refractivity contribution in [1.82, 2.24) is 0 Å². The fourth-order valence-corrected chi connectivity index (χ4v) is 3.86. The average molecular weight is 252 g/mol. The minimum absolute atomic E-state index is 0.895. The summed E-state index contributed by atoms with van der Waals surface area (Å²) in [5.74, 6) is 5.70. The van der Waals surface area contributed by atoms with Crippen LogP contribution >= 0.6 is 0 Å². The number of hydrogen-bond acceptors (Lipinski definition) is 0. The third-order valence-corrected chi connectivity index (χ3v) is 6.16. The van der Waals surface area contributed by atoms with Gasteiger partial charge in [0, 0.05) is 0 Å². The number of rotatable bonds is 7. The molecule has 0 aromatic rings. The van der Waals surface area contributed by atoms with Crippen molar-refractivity contribution < 1.29 is 0 Å². The van der Waals surface area contributed by atoms with E-state index in [2.05, 4.69) is 41.5 Å². The maximum atomic E-state index is 2.52. The normalized spacial score (nSPS) is 31.0. The summed E-state index contributed by atoms with van der Waals surface area (Å²) in [6.45, 7) is 14.6. The first kappa shape index (κ1) is 16.1. The van der Waals surface area contributed by atoms with E-state index in [4.69, 9.17) is 0 Å². The smallest absolute Gasteiger partial charge is 0.0383 e. The van der Waals surface area contributed by atoms with Crippen LogP contribution in [0.25, 0.3) is 0 Å². The molecule has 108 valence electrons. The molecule has 0 aromatic carbocycles. The van der Waals surface area contributed by atoms with Crippen molar-refractivity contribution in [3.05, 3.63) is 0 Å². The van der Waals surface area contributed by atoms with Gasteiger partial charge in [0.2, 0.25) is 0 Å². The highest BCUT2D eigenvalue weighted by Crippen LogP contribution is 2.41. The Hall–Kier alpha value is 0. The van der Waals surface area contributed by atoms with E-state index < -0.39 is 0 Å². The molecule has 0 radical (unpaired) electrons. The molecule has 0 bridgehead atoms. The standard InChI is InChI=1S/C18H36/c1-7-13(3)14(4)11-15(5)16(6)18-10-9-17(8-2)12-18/h13-18H,7-12H2,1-6H3. The molecule has 0 heteroatoms. The molecule has 0 amide bonds. The van der Waals surface area contributed by atoms with E-state index in [-0.39, 0.29) is 0 Å². The molecule has 1 rings (SSSR count). The Bertz CT molecular complexity index is 220. The molecule has 0 aliphatic heterocycles. The molecule has 0 saturated heterocycles. The zero-order valence-electron chi connectivity index (χ0n) is 13.7. The summed E-state index contributed by atoms with van der Waals surface area (Å²) in [6.07, 6.45) is 8.69. The highest BCUT2D eigenvalue weighted by molar-refractivity contribution is 4.81. The van der Waals surface area contributed by atoms with E-state index in [1.54, 1.807) is 0 Å². The lowest BCUT2D eigenvalue weighted by atomic mass is 9.76. The fraction of sp³-hybridized carbons (Fsp3) is 1.00. The van der Waals surface area contributed by atoms with Gasteiger partial charge in [-0.3, -0.25) is 0 Å². The monoisotopic (exact) mass is 252 g/mol. The van der Waals surface area contributed by atoms with Gasteiger partial charge in [-0.05, 0) is 54.8 Å².